The summed E-state index contributed by atoms with van der Waals surface area (Å²) in [4.78, 5) is 12.7. The smallest absolute Gasteiger partial charge is 0.269 e. The second-order valence-corrected chi connectivity index (χ2v) is 6.42. The molecular weight excluding hydrogens is 294 g/mol. The van der Waals surface area contributed by atoms with E-state index in [2.05, 4.69) is 26.3 Å². The Morgan fingerprint density at radius 3 is 2.72 bits per heavy atom. The van der Waals surface area contributed by atoms with Crippen LogP contribution in [0.5, 0.6) is 0 Å². The lowest BCUT2D eigenvalue weighted by atomic mass is 9.89. The largest absolute Gasteiger partial charge is 0.350 e. The summed E-state index contributed by atoms with van der Waals surface area (Å²) in [6.07, 6.45) is 4.82. The van der Waals surface area contributed by atoms with Crippen LogP contribution in [0, 0.1) is 12.8 Å². The van der Waals surface area contributed by atoms with E-state index in [-0.39, 0.29) is 5.91 Å². The molecule has 100 valence electrons. The number of amides is 1. The van der Waals surface area contributed by atoms with Crippen LogP contribution in [0.3, 0.4) is 0 Å². The first-order valence-corrected chi connectivity index (χ1v) is 7.40. The lowest BCUT2D eigenvalue weighted by Crippen LogP contribution is -2.32. The summed E-state index contributed by atoms with van der Waals surface area (Å²) in [5.74, 6) is 0.608. The maximum absolute atomic E-state index is 12.0. The van der Waals surface area contributed by atoms with Crippen LogP contribution in [0.4, 0.5) is 0 Å². The predicted octanol–water partition coefficient (Wildman–Crippen LogP) is 2.41. The average molecular weight is 314 g/mol. The highest BCUT2D eigenvalue weighted by atomic mass is 79.9. The van der Waals surface area contributed by atoms with Gasteiger partial charge in [0.05, 0.1) is 5.69 Å². The number of hydrogen-bond donors (Lipinski definition) is 1. The molecule has 0 saturated heterocycles. The highest BCUT2D eigenvalue weighted by Gasteiger charge is 2.20. The van der Waals surface area contributed by atoms with Crippen molar-refractivity contribution >= 4 is 21.8 Å². The molecule has 1 aromatic rings. The van der Waals surface area contributed by atoms with Crippen LogP contribution < -0.4 is 5.32 Å². The van der Waals surface area contributed by atoms with E-state index in [9.17, 15) is 4.79 Å². The zero-order valence-electron chi connectivity index (χ0n) is 10.9. The Kier molecular flexibility index (Phi) is 4.43. The number of halogens is 1. The maximum atomic E-state index is 12.0. The van der Waals surface area contributed by atoms with E-state index in [1.165, 1.54) is 25.7 Å². The van der Waals surface area contributed by atoms with Crippen molar-refractivity contribution in [2.75, 3.05) is 6.54 Å². The molecule has 4 nitrogen and oxygen atoms in total. The van der Waals surface area contributed by atoms with Gasteiger partial charge in [0.2, 0.25) is 0 Å². The molecule has 0 spiro atoms. The minimum atomic E-state index is -0.0148. The van der Waals surface area contributed by atoms with Gasteiger partial charge in [-0.25, -0.2) is 0 Å². The van der Waals surface area contributed by atoms with E-state index in [1.807, 2.05) is 13.0 Å². The van der Waals surface area contributed by atoms with Crippen molar-refractivity contribution in [3.8, 4) is 0 Å². The van der Waals surface area contributed by atoms with Crippen molar-refractivity contribution in [3.05, 3.63) is 17.5 Å². The van der Waals surface area contributed by atoms with Crippen LogP contribution in [-0.4, -0.2) is 27.1 Å². The van der Waals surface area contributed by atoms with E-state index in [0.717, 1.165) is 12.2 Å². The normalized spacial score (nSPS) is 23.9. The van der Waals surface area contributed by atoms with Crippen LogP contribution in [0.1, 0.15) is 41.9 Å². The Hall–Kier alpha value is -0.840. The summed E-state index contributed by atoms with van der Waals surface area (Å²) < 4.78 is 1.64. The highest BCUT2D eigenvalue weighted by molar-refractivity contribution is 9.09. The molecule has 0 aliphatic heterocycles. The van der Waals surface area contributed by atoms with Gasteiger partial charge in [-0.2, -0.15) is 5.10 Å². The lowest BCUT2D eigenvalue weighted by molar-refractivity contribution is 0.0934. The van der Waals surface area contributed by atoms with Gasteiger partial charge < -0.3 is 5.32 Å². The van der Waals surface area contributed by atoms with Crippen molar-refractivity contribution in [2.24, 2.45) is 13.0 Å². The minimum absolute atomic E-state index is 0.0148. The van der Waals surface area contributed by atoms with Gasteiger partial charge in [-0.1, -0.05) is 15.9 Å². The molecular formula is C13H20BrN3O. The summed E-state index contributed by atoms with van der Waals surface area (Å²) in [6.45, 7) is 2.68. The molecule has 1 saturated carbocycles. The fraction of sp³-hybridized carbons (Fsp3) is 0.692. The minimum Gasteiger partial charge on any atom is -0.350 e. The fourth-order valence-corrected chi connectivity index (χ4v) is 3.01. The number of aromatic nitrogens is 2. The van der Waals surface area contributed by atoms with Gasteiger partial charge in [0, 0.05) is 18.4 Å². The second kappa shape index (κ2) is 5.87. The predicted molar refractivity (Wildman–Crippen MR) is 75.0 cm³/mol. The first-order chi connectivity index (χ1) is 8.56. The Balaban J connectivity index is 1.83. The summed E-state index contributed by atoms with van der Waals surface area (Å²) in [6, 6.07) is 1.82. The maximum Gasteiger partial charge on any atom is 0.269 e. The topological polar surface area (TPSA) is 46.9 Å². The van der Waals surface area contributed by atoms with Crippen LogP contribution in [-0.2, 0) is 7.05 Å². The third-order valence-corrected chi connectivity index (χ3v) is 4.48. The lowest BCUT2D eigenvalue weighted by Gasteiger charge is -2.25. The number of aryl methyl sites for hydroxylation is 2. The zero-order valence-corrected chi connectivity index (χ0v) is 12.5. The molecule has 18 heavy (non-hydrogen) atoms. The molecule has 0 unspecified atom stereocenters. The quantitative estimate of drug-likeness (QED) is 0.871. The fourth-order valence-electron chi connectivity index (χ4n) is 2.48. The molecule has 5 heteroatoms. The summed E-state index contributed by atoms with van der Waals surface area (Å²) in [7, 11) is 1.80. The third-order valence-electron chi connectivity index (χ3n) is 3.56. The Labute approximate surface area is 116 Å². The van der Waals surface area contributed by atoms with Gasteiger partial charge in [-0.15, -0.1) is 0 Å². The van der Waals surface area contributed by atoms with E-state index in [0.29, 0.717) is 16.4 Å². The van der Waals surface area contributed by atoms with E-state index < -0.39 is 0 Å². The van der Waals surface area contributed by atoms with Crippen molar-refractivity contribution in [1.82, 2.24) is 15.1 Å². The average Bonchev–Trinajstić information content (AvgIpc) is 2.67. The monoisotopic (exact) mass is 313 g/mol. The number of rotatable bonds is 3. The van der Waals surface area contributed by atoms with E-state index in [1.54, 1.807) is 11.7 Å². The van der Waals surface area contributed by atoms with Gasteiger partial charge in [0.25, 0.3) is 5.91 Å². The Bertz CT molecular complexity index is 422. The van der Waals surface area contributed by atoms with E-state index in [4.69, 9.17) is 0 Å². The Morgan fingerprint density at radius 1 is 1.50 bits per heavy atom. The third kappa shape index (κ3) is 3.34. The van der Waals surface area contributed by atoms with Crippen LogP contribution in [0.15, 0.2) is 6.07 Å². The van der Waals surface area contributed by atoms with Gasteiger partial charge in [0.15, 0.2) is 0 Å². The second-order valence-electron chi connectivity index (χ2n) is 5.12. The SMILES string of the molecule is Cc1cc(C(=O)NCC2CCC(Br)CC2)n(C)n1. The number of hydrogen-bond acceptors (Lipinski definition) is 2. The molecule has 1 amide bonds. The molecule has 1 aliphatic carbocycles. The standard InChI is InChI=1S/C13H20BrN3O/c1-9-7-12(17(2)16-9)13(18)15-8-10-3-5-11(14)6-4-10/h7,10-11H,3-6,8H2,1-2H3,(H,15,18). The number of carbonyl (C=O) groups excluding carboxylic acids is 1. The van der Waals surface area contributed by atoms with Gasteiger partial charge in [-0.3, -0.25) is 9.48 Å². The molecule has 1 heterocycles. The van der Waals surface area contributed by atoms with Crippen LogP contribution >= 0.6 is 15.9 Å². The molecule has 0 bridgehead atoms. The van der Waals surface area contributed by atoms with Crippen molar-refractivity contribution in [2.45, 2.75) is 37.4 Å². The summed E-state index contributed by atoms with van der Waals surface area (Å²) >= 11 is 3.65. The number of nitrogens with one attached hydrogen (secondary N) is 1. The van der Waals surface area contributed by atoms with Crippen molar-refractivity contribution in [3.63, 3.8) is 0 Å². The zero-order chi connectivity index (χ0) is 13.1. The van der Waals surface area contributed by atoms with Crippen molar-refractivity contribution < 1.29 is 4.79 Å². The van der Waals surface area contributed by atoms with Gasteiger partial charge in [0.1, 0.15) is 5.69 Å². The van der Waals surface area contributed by atoms with Gasteiger partial charge in [-0.05, 0) is 44.6 Å². The van der Waals surface area contributed by atoms with Crippen molar-refractivity contribution in [1.29, 1.82) is 0 Å². The molecule has 1 fully saturated rings. The highest BCUT2D eigenvalue weighted by Crippen LogP contribution is 2.28. The molecule has 1 N–H and O–H groups in total. The first-order valence-electron chi connectivity index (χ1n) is 6.49. The van der Waals surface area contributed by atoms with Crippen LogP contribution in [0.2, 0.25) is 0 Å². The molecule has 1 aromatic heterocycles. The van der Waals surface area contributed by atoms with Crippen LogP contribution in [0.25, 0.3) is 0 Å². The molecule has 0 radical (unpaired) electrons. The number of carbonyl (C=O) groups is 1. The first kappa shape index (κ1) is 13.6. The van der Waals surface area contributed by atoms with E-state index >= 15 is 0 Å². The molecule has 1 aliphatic rings. The summed E-state index contributed by atoms with van der Waals surface area (Å²) in [5.41, 5.74) is 1.52. The van der Waals surface area contributed by atoms with Gasteiger partial charge >= 0.3 is 0 Å². The molecule has 0 atom stereocenters. The molecule has 0 aromatic carbocycles. The molecule has 2 rings (SSSR count). The Morgan fingerprint density at radius 2 is 2.17 bits per heavy atom. The summed E-state index contributed by atoms with van der Waals surface area (Å²) in [5, 5.41) is 7.21. The number of nitrogens with zero attached hydrogens (tertiary/aromatic N) is 2. The number of alkyl halides is 1.